The van der Waals surface area contributed by atoms with Crippen LogP contribution < -0.4 is 9.64 Å². The van der Waals surface area contributed by atoms with Crippen molar-refractivity contribution in [1.29, 1.82) is 0 Å². The van der Waals surface area contributed by atoms with Crippen molar-refractivity contribution >= 4 is 21.9 Å². The molecule has 106 valence electrons. The number of hydrogen-bond acceptors (Lipinski definition) is 4. The number of rotatable bonds is 6. The van der Waals surface area contributed by atoms with Crippen LogP contribution in [0.15, 0.2) is 6.07 Å². The van der Waals surface area contributed by atoms with Crippen molar-refractivity contribution in [3.8, 4) is 5.88 Å². The summed E-state index contributed by atoms with van der Waals surface area (Å²) in [5.74, 6) is 1.50. The third kappa shape index (κ3) is 3.81. The Kier molecular flexibility index (Phi) is 5.43. The molecule has 0 N–H and O–H groups in total. The summed E-state index contributed by atoms with van der Waals surface area (Å²) in [7, 11) is 0. The molecule has 0 unspecified atom stereocenters. The molecule has 1 heterocycles. The van der Waals surface area contributed by atoms with Gasteiger partial charge in [-0.25, -0.2) is 4.98 Å². The van der Waals surface area contributed by atoms with Crippen molar-refractivity contribution < 1.29 is 4.74 Å². The molecule has 0 atom stereocenters. The van der Waals surface area contributed by atoms with E-state index in [1.54, 1.807) is 0 Å². The molecule has 1 aliphatic carbocycles. The number of halogens is 1. The standard InChI is InChI=1S/C14H22BrN3O/c1-3-19-13-10-11(2)16-14(17-13)18(9-8-15)12-6-4-5-7-12/h10,12H,3-9H2,1-2H3. The Morgan fingerprint density at radius 3 is 2.74 bits per heavy atom. The molecule has 1 aromatic rings. The second-order valence-electron chi connectivity index (χ2n) is 4.90. The highest BCUT2D eigenvalue weighted by atomic mass is 79.9. The highest BCUT2D eigenvalue weighted by Crippen LogP contribution is 2.27. The summed E-state index contributed by atoms with van der Waals surface area (Å²) in [6.45, 7) is 5.55. The zero-order valence-corrected chi connectivity index (χ0v) is 13.3. The van der Waals surface area contributed by atoms with Gasteiger partial charge < -0.3 is 9.64 Å². The molecule has 0 aliphatic heterocycles. The molecule has 1 saturated carbocycles. The topological polar surface area (TPSA) is 38.2 Å². The van der Waals surface area contributed by atoms with Crippen LogP contribution in [0.25, 0.3) is 0 Å². The fourth-order valence-electron chi connectivity index (χ4n) is 2.63. The molecule has 1 fully saturated rings. The minimum absolute atomic E-state index is 0.578. The normalized spacial score (nSPS) is 15.7. The second-order valence-corrected chi connectivity index (χ2v) is 5.69. The first-order chi connectivity index (χ1) is 9.24. The highest BCUT2D eigenvalue weighted by molar-refractivity contribution is 9.09. The van der Waals surface area contributed by atoms with Crippen LogP contribution >= 0.6 is 15.9 Å². The molecule has 5 heteroatoms. The Bertz CT molecular complexity index is 408. The lowest BCUT2D eigenvalue weighted by atomic mass is 10.2. The number of anilines is 1. The Morgan fingerprint density at radius 2 is 2.11 bits per heavy atom. The number of hydrogen-bond donors (Lipinski definition) is 0. The molecular weight excluding hydrogens is 306 g/mol. The van der Waals surface area contributed by atoms with Crippen LogP contribution in [0.3, 0.4) is 0 Å². The summed E-state index contributed by atoms with van der Waals surface area (Å²) in [6.07, 6.45) is 5.11. The largest absolute Gasteiger partial charge is 0.478 e. The van der Waals surface area contributed by atoms with Crippen molar-refractivity contribution in [2.75, 3.05) is 23.4 Å². The number of aromatic nitrogens is 2. The molecule has 2 rings (SSSR count). The van der Waals surface area contributed by atoms with Crippen LogP contribution in [0.2, 0.25) is 0 Å². The average Bonchev–Trinajstić information content (AvgIpc) is 2.89. The van der Waals surface area contributed by atoms with E-state index >= 15 is 0 Å². The summed E-state index contributed by atoms with van der Waals surface area (Å²) < 4.78 is 5.53. The van der Waals surface area contributed by atoms with Gasteiger partial charge in [0.2, 0.25) is 11.8 Å². The van der Waals surface area contributed by atoms with Crippen LogP contribution in [0, 0.1) is 6.92 Å². The van der Waals surface area contributed by atoms with Crippen LogP contribution in [0.5, 0.6) is 5.88 Å². The van der Waals surface area contributed by atoms with Gasteiger partial charge in [0.15, 0.2) is 0 Å². The van der Waals surface area contributed by atoms with Gasteiger partial charge in [0.05, 0.1) is 6.61 Å². The fourth-order valence-corrected chi connectivity index (χ4v) is 3.01. The van der Waals surface area contributed by atoms with Gasteiger partial charge in [0.25, 0.3) is 0 Å². The lowest BCUT2D eigenvalue weighted by molar-refractivity contribution is 0.325. The summed E-state index contributed by atoms with van der Waals surface area (Å²) in [6, 6.07) is 2.47. The monoisotopic (exact) mass is 327 g/mol. The second kappa shape index (κ2) is 7.08. The van der Waals surface area contributed by atoms with Crippen molar-refractivity contribution in [3.63, 3.8) is 0 Å². The zero-order chi connectivity index (χ0) is 13.7. The van der Waals surface area contributed by atoms with E-state index in [2.05, 4.69) is 30.8 Å². The van der Waals surface area contributed by atoms with Crippen LogP contribution in [-0.2, 0) is 0 Å². The number of aryl methyl sites for hydroxylation is 1. The van der Waals surface area contributed by atoms with E-state index in [4.69, 9.17) is 4.74 Å². The lowest BCUT2D eigenvalue weighted by Crippen LogP contribution is -2.36. The predicted octanol–water partition coefficient (Wildman–Crippen LogP) is 3.33. The van der Waals surface area contributed by atoms with Gasteiger partial charge in [0.1, 0.15) is 0 Å². The Balaban J connectivity index is 2.24. The first-order valence-electron chi connectivity index (χ1n) is 7.05. The van der Waals surface area contributed by atoms with Crippen molar-refractivity contribution in [2.24, 2.45) is 0 Å². The third-order valence-electron chi connectivity index (χ3n) is 3.46. The average molecular weight is 328 g/mol. The molecule has 4 nitrogen and oxygen atoms in total. The van der Waals surface area contributed by atoms with E-state index < -0.39 is 0 Å². The number of ether oxygens (including phenoxy) is 1. The molecule has 0 spiro atoms. The van der Waals surface area contributed by atoms with Gasteiger partial charge >= 0.3 is 0 Å². The molecule has 0 bridgehead atoms. The number of alkyl halides is 1. The highest BCUT2D eigenvalue weighted by Gasteiger charge is 2.24. The molecule has 0 aromatic carbocycles. The van der Waals surface area contributed by atoms with Crippen molar-refractivity contribution in [2.45, 2.75) is 45.6 Å². The molecular formula is C14H22BrN3O. The summed E-state index contributed by atoms with van der Waals surface area (Å²) in [4.78, 5) is 11.5. The van der Waals surface area contributed by atoms with Gasteiger partial charge in [-0.1, -0.05) is 28.8 Å². The summed E-state index contributed by atoms with van der Waals surface area (Å²) in [5, 5.41) is 0.935. The Labute approximate surface area is 123 Å². The lowest BCUT2D eigenvalue weighted by Gasteiger charge is -2.28. The first kappa shape index (κ1) is 14.6. The van der Waals surface area contributed by atoms with Crippen LogP contribution in [0.1, 0.15) is 38.3 Å². The van der Waals surface area contributed by atoms with Gasteiger partial charge in [0, 0.05) is 29.7 Å². The summed E-state index contributed by atoms with van der Waals surface area (Å²) in [5.41, 5.74) is 0.964. The fraction of sp³-hybridized carbons (Fsp3) is 0.714. The van der Waals surface area contributed by atoms with E-state index in [1.165, 1.54) is 25.7 Å². The minimum atomic E-state index is 0.578. The van der Waals surface area contributed by atoms with Gasteiger partial charge in [-0.05, 0) is 26.7 Å². The number of nitrogens with zero attached hydrogens (tertiary/aromatic N) is 3. The van der Waals surface area contributed by atoms with Gasteiger partial charge in [-0.15, -0.1) is 0 Å². The van der Waals surface area contributed by atoms with E-state index in [1.807, 2.05) is 19.9 Å². The molecule has 1 aromatic heterocycles. The predicted molar refractivity (Wildman–Crippen MR) is 81.3 cm³/mol. The molecule has 0 radical (unpaired) electrons. The Hall–Kier alpha value is -0.840. The van der Waals surface area contributed by atoms with Crippen LogP contribution in [0.4, 0.5) is 5.95 Å². The smallest absolute Gasteiger partial charge is 0.229 e. The van der Waals surface area contributed by atoms with E-state index in [0.717, 1.165) is 23.5 Å². The molecule has 0 amide bonds. The zero-order valence-electron chi connectivity index (χ0n) is 11.7. The first-order valence-corrected chi connectivity index (χ1v) is 8.17. The SMILES string of the molecule is CCOc1cc(C)nc(N(CCBr)C2CCCC2)n1. The van der Waals surface area contributed by atoms with Gasteiger partial charge in [-0.3, -0.25) is 0 Å². The maximum atomic E-state index is 5.53. The van der Waals surface area contributed by atoms with Crippen LogP contribution in [-0.4, -0.2) is 34.5 Å². The summed E-state index contributed by atoms with van der Waals surface area (Å²) >= 11 is 3.53. The van der Waals surface area contributed by atoms with E-state index in [9.17, 15) is 0 Å². The molecule has 0 saturated heterocycles. The Morgan fingerprint density at radius 1 is 1.37 bits per heavy atom. The third-order valence-corrected chi connectivity index (χ3v) is 3.81. The molecule has 19 heavy (non-hydrogen) atoms. The molecule has 1 aliphatic rings. The van der Waals surface area contributed by atoms with E-state index in [-0.39, 0.29) is 0 Å². The van der Waals surface area contributed by atoms with Crippen molar-refractivity contribution in [3.05, 3.63) is 11.8 Å². The maximum Gasteiger partial charge on any atom is 0.229 e. The van der Waals surface area contributed by atoms with E-state index in [0.29, 0.717) is 18.5 Å². The minimum Gasteiger partial charge on any atom is -0.478 e. The quantitative estimate of drug-likeness (QED) is 0.751. The van der Waals surface area contributed by atoms with Crippen molar-refractivity contribution in [1.82, 2.24) is 9.97 Å². The maximum absolute atomic E-state index is 5.53. The van der Waals surface area contributed by atoms with Gasteiger partial charge in [-0.2, -0.15) is 4.98 Å².